The summed E-state index contributed by atoms with van der Waals surface area (Å²) < 4.78 is 27.1. The zero-order valence-electron chi connectivity index (χ0n) is 11.2. The van der Waals surface area contributed by atoms with Gasteiger partial charge in [-0.05, 0) is 29.9 Å². The SMILES string of the molecule is CC1CCCC1NS(=O)(=O)Cc1cccc(CO)c1. The van der Waals surface area contributed by atoms with Crippen LogP contribution in [0.15, 0.2) is 24.3 Å². The molecule has 2 unspecified atom stereocenters. The lowest BCUT2D eigenvalue weighted by Crippen LogP contribution is -2.37. The third-order valence-electron chi connectivity index (χ3n) is 3.72. The molecule has 0 heterocycles. The molecular formula is C14H21NO3S. The molecule has 2 N–H and O–H groups in total. The first-order valence-corrected chi connectivity index (χ1v) is 8.34. The first-order valence-electron chi connectivity index (χ1n) is 6.69. The normalized spacial score (nSPS) is 23.7. The number of benzene rings is 1. The van der Waals surface area contributed by atoms with Crippen molar-refractivity contribution in [1.82, 2.24) is 4.72 Å². The zero-order valence-corrected chi connectivity index (χ0v) is 12.0. The van der Waals surface area contributed by atoms with Gasteiger partial charge in [-0.15, -0.1) is 0 Å². The first kappa shape index (κ1) is 14.5. The van der Waals surface area contributed by atoms with E-state index in [1.54, 1.807) is 24.3 Å². The summed E-state index contributed by atoms with van der Waals surface area (Å²) >= 11 is 0. The van der Waals surface area contributed by atoms with Gasteiger partial charge in [-0.25, -0.2) is 13.1 Å². The second-order valence-electron chi connectivity index (χ2n) is 5.37. The van der Waals surface area contributed by atoms with E-state index in [1.165, 1.54) is 0 Å². The summed E-state index contributed by atoms with van der Waals surface area (Å²) in [4.78, 5) is 0. The summed E-state index contributed by atoms with van der Waals surface area (Å²) in [6, 6.07) is 7.14. The minimum Gasteiger partial charge on any atom is -0.392 e. The molecule has 0 bridgehead atoms. The fourth-order valence-electron chi connectivity index (χ4n) is 2.63. The molecule has 1 aliphatic carbocycles. The van der Waals surface area contributed by atoms with Crippen molar-refractivity contribution >= 4 is 10.0 Å². The predicted molar refractivity (Wildman–Crippen MR) is 74.9 cm³/mol. The lowest BCUT2D eigenvalue weighted by atomic mass is 10.1. The van der Waals surface area contributed by atoms with E-state index >= 15 is 0 Å². The molecular weight excluding hydrogens is 262 g/mol. The monoisotopic (exact) mass is 283 g/mol. The molecule has 0 amide bonds. The van der Waals surface area contributed by atoms with Gasteiger partial charge in [0.2, 0.25) is 10.0 Å². The Bertz CT molecular complexity index is 527. The van der Waals surface area contributed by atoms with E-state index in [0.29, 0.717) is 11.5 Å². The minimum absolute atomic E-state index is 0.0238. The van der Waals surface area contributed by atoms with Gasteiger partial charge in [-0.1, -0.05) is 37.6 Å². The second-order valence-corrected chi connectivity index (χ2v) is 7.12. The van der Waals surface area contributed by atoms with Crippen molar-refractivity contribution in [3.8, 4) is 0 Å². The molecule has 0 saturated heterocycles. The van der Waals surface area contributed by atoms with E-state index in [0.717, 1.165) is 24.8 Å². The van der Waals surface area contributed by atoms with Gasteiger partial charge in [0.05, 0.1) is 12.4 Å². The van der Waals surface area contributed by atoms with Crippen molar-refractivity contribution in [1.29, 1.82) is 0 Å². The van der Waals surface area contributed by atoms with Gasteiger partial charge in [0, 0.05) is 6.04 Å². The number of nitrogens with one attached hydrogen (secondary N) is 1. The second kappa shape index (κ2) is 6.03. The zero-order chi connectivity index (χ0) is 13.9. The van der Waals surface area contributed by atoms with Gasteiger partial charge < -0.3 is 5.11 Å². The largest absolute Gasteiger partial charge is 0.392 e. The van der Waals surface area contributed by atoms with E-state index in [2.05, 4.69) is 11.6 Å². The number of hydrogen-bond acceptors (Lipinski definition) is 3. The Morgan fingerprint density at radius 1 is 1.32 bits per heavy atom. The van der Waals surface area contributed by atoms with E-state index in [9.17, 15) is 8.42 Å². The van der Waals surface area contributed by atoms with Gasteiger partial charge in [0.15, 0.2) is 0 Å². The van der Waals surface area contributed by atoms with Crippen LogP contribution in [-0.2, 0) is 22.4 Å². The van der Waals surface area contributed by atoms with Gasteiger partial charge in [0.25, 0.3) is 0 Å². The van der Waals surface area contributed by atoms with Crippen molar-refractivity contribution in [2.24, 2.45) is 5.92 Å². The molecule has 0 aliphatic heterocycles. The van der Waals surface area contributed by atoms with E-state index < -0.39 is 10.0 Å². The molecule has 106 valence electrons. The van der Waals surface area contributed by atoms with Crippen LogP contribution in [0.3, 0.4) is 0 Å². The fourth-order valence-corrected chi connectivity index (χ4v) is 4.14. The van der Waals surface area contributed by atoms with Crippen molar-refractivity contribution in [2.45, 2.75) is 44.6 Å². The number of aliphatic hydroxyl groups excluding tert-OH is 1. The van der Waals surface area contributed by atoms with Crippen LogP contribution in [0.25, 0.3) is 0 Å². The Morgan fingerprint density at radius 2 is 2.05 bits per heavy atom. The molecule has 0 radical (unpaired) electrons. The summed E-state index contributed by atoms with van der Waals surface area (Å²) in [5, 5.41) is 9.06. The van der Waals surface area contributed by atoms with Crippen LogP contribution in [0.1, 0.15) is 37.3 Å². The van der Waals surface area contributed by atoms with Crippen LogP contribution in [-0.4, -0.2) is 19.6 Å². The molecule has 0 spiro atoms. The van der Waals surface area contributed by atoms with Gasteiger partial charge in [0.1, 0.15) is 0 Å². The molecule has 2 rings (SSSR count). The molecule has 0 aromatic heterocycles. The van der Waals surface area contributed by atoms with Crippen LogP contribution >= 0.6 is 0 Å². The van der Waals surface area contributed by atoms with Gasteiger partial charge >= 0.3 is 0 Å². The number of rotatable bonds is 5. The third kappa shape index (κ3) is 4.03. The third-order valence-corrected chi connectivity index (χ3v) is 5.10. The summed E-state index contributed by atoms with van der Waals surface area (Å²) in [5.74, 6) is 0.392. The molecule has 1 aromatic rings. The highest BCUT2D eigenvalue weighted by atomic mass is 32.2. The molecule has 5 heteroatoms. The Kier molecular flexibility index (Phi) is 4.60. The van der Waals surface area contributed by atoms with Crippen molar-refractivity contribution in [2.75, 3.05) is 0 Å². The van der Waals surface area contributed by atoms with Crippen LogP contribution in [0, 0.1) is 5.92 Å². The average molecular weight is 283 g/mol. The van der Waals surface area contributed by atoms with Crippen LogP contribution < -0.4 is 4.72 Å². The predicted octanol–water partition coefficient (Wildman–Crippen LogP) is 1.79. The standard InChI is InChI=1S/C14H21NO3S/c1-11-4-2-7-14(11)15-19(17,18)10-13-6-3-5-12(8-13)9-16/h3,5-6,8,11,14-16H,2,4,7,9-10H2,1H3. The maximum absolute atomic E-state index is 12.1. The molecule has 1 saturated carbocycles. The Morgan fingerprint density at radius 3 is 2.68 bits per heavy atom. The molecule has 19 heavy (non-hydrogen) atoms. The Hall–Kier alpha value is -0.910. The van der Waals surface area contributed by atoms with Crippen LogP contribution in [0.4, 0.5) is 0 Å². The summed E-state index contributed by atoms with van der Waals surface area (Å²) in [5.41, 5.74) is 1.45. The molecule has 4 nitrogen and oxygen atoms in total. The fraction of sp³-hybridized carbons (Fsp3) is 0.571. The van der Waals surface area contributed by atoms with Crippen molar-refractivity contribution < 1.29 is 13.5 Å². The van der Waals surface area contributed by atoms with E-state index in [4.69, 9.17) is 5.11 Å². The summed E-state index contributed by atoms with van der Waals surface area (Å²) in [7, 11) is -3.31. The highest BCUT2D eigenvalue weighted by molar-refractivity contribution is 7.88. The topological polar surface area (TPSA) is 66.4 Å². The Balaban J connectivity index is 2.03. The summed E-state index contributed by atoms with van der Waals surface area (Å²) in [6.07, 6.45) is 3.11. The van der Waals surface area contributed by atoms with E-state index in [1.807, 2.05) is 0 Å². The highest BCUT2D eigenvalue weighted by Crippen LogP contribution is 2.25. The van der Waals surface area contributed by atoms with Gasteiger partial charge in [-0.2, -0.15) is 0 Å². The molecule has 2 atom stereocenters. The maximum atomic E-state index is 12.1. The minimum atomic E-state index is -3.31. The lowest BCUT2D eigenvalue weighted by molar-refractivity contribution is 0.282. The van der Waals surface area contributed by atoms with E-state index in [-0.39, 0.29) is 18.4 Å². The molecule has 1 aliphatic rings. The first-order chi connectivity index (χ1) is 9.00. The molecule has 1 aromatic carbocycles. The van der Waals surface area contributed by atoms with Crippen molar-refractivity contribution in [3.63, 3.8) is 0 Å². The van der Waals surface area contributed by atoms with Crippen LogP contribution in [0.2, 0.25) is 0 Å². The average Bonchev–Trinajstić information content (AvgIpc) is 2.74. The Labute approximate surface area is 114 Å². The number of sulfonamides is 1. The number of aliphatic hydroxyl groups is 1. The van der Waals surface area contributed by atoms with Crippen LogP contribution in [0.5, 0.6) is 0 Å². The number of hydrogen-bond donors (Lipinski definition) is 2. The van der Waals surface area contributed by atoms with Gasteiger partial charge in [-0.3, -0.25) is 0 Å². The smallest absolute Gasteiger partial charge is 0.216 e. The lowest BCUT2D eigenvalue weighted by Gasteiger charge is -2.17. The molecule has 1 fully saturated rings. The maximum Gasteiger partial charge on any atom is 0.216 e. The van der Waals surface area contributed by atoms with Crippen molar-refractivity contribution in [3.05, 3.63) is 35.4 Å². The highest BCUT2D eigenvalue weighted by Gasteiger charge is 2.27. The quantitative estimate of drug-likeness (QED) is 0.865. The summed E-state index contributed by atoms with van der Waals surface area (Å²) in [6.45, 7) is 2.02.